The standard InChI is InChI=1S/C26H28BrClN4O4S/c1-5-11-37-26-30-25-29-15(3)21(24(33)35-6-2)22(32(25)31-26)17-12-19(27)23(20(13-17)34-4)36-14-16-7-9-18(28)10-8-16/h7-10,12-13,22H,5-6,11,14H2,1-4H3,(H,29,30,31). The first-order valence-electron chi connectivity index (χ1n) is 11.8. The van der Waals surface area contributed by atoms with Crippen molar-refractivity contribution in [1.29, 1.82) is 0 Å². The molecule has 2 heterocycles. The number of nitrogens with one attached hydrogen (secondary N) is 1. The molecule has 4 rings (SSSR count). The summed E-state index contributed by atoms with van der Waals surface area (Å²) in [5.41, 5.74) is 2.85. The Bertz CT molecular complexity index is 1310. The first-order chi connectivity index (χ1) is 17.9. The first-order valence-corrected chi connectivity index (χ1v) is 14.0. The van der Waals surface area contributed by atoms with Gasteiger partial charge in [0.2, 0.25) is 11.1 Å². The van der Waals surface area contributed by atoms with Crippen LogP contribution in [0, 0.1) is 0 Å². The molecule has 11 heteroatoms. The predicted octanol–water partition coefficient (Wildman–Crippen LogP) is 6.64. The molecule has 0 radical (unpaired) electrons. The van der Waals surface area contributed by atoms with E-state index in [-0.39, 0.29) is 6.61 Å². The Hall–Kier alpha value is -2.69. The maximum atomic E-state index is 13.1. The van der Waals surface area contributed by atoms with Gasteiger partial charge in [-0.3, -0.25) is 0 Å². The summed E-state index contributed by atoms with van der Waals surface area (Å²) >= 11 is 11.2. The number of carbonyl (C=O) groups excluding carboxylic acids is 1. The third-order valence-corrected chi connectivity index (χ3v) is 7.51. The van der Waals surface area contributed by atoms with Crippen molar-refractivity contribution in [2.45, 2.75) is 45.0 Å². The molecule has 0 saturated heterocycles. The Labute approximate surface area is 233 Å². The molecule has 0 amide bonds. The number of hydrogen-bond donors (Lipinski definition) is 1. The molecule has 1 aromatic heterocycles. The summed E-state index contributed by atoms with van der Waals surface area (Å²) < 4.78 is 19.6. The second kappa shape index (κ2) is 12.2. The number of ether oxygens (including phenoxy) is 3. The van der Waals surface area contributed by atoms with E-state index in [1.165, 1.54) is 0 Å². The van der Waals surface area contributed by atoms with E-state index in [4.69, 9.17) is 30.9 Å². The van der Waals surface area contributed by atoms with Crippen molar-refractivity contribution in [3.05, 3.63) is 68.3 Å². The Morgan fingerprint density at radius 1 is 1.24 bits per heavy atom. The molecule has 8 nitrogen and oxygen atoms in total. The van der Waals surface area contributed by atoms with Crippen molar-refractivity contribution < 1.29 is 19.0 Å². The highest BCUT2D eigenvalue weighted by Crippen LogP contribution is 2.43. The van der Waals surface area contributed by atoms with E-state index in [2.05, 4.69) is 33.2 Å². The summed E-state index contributed by atoms with van der Waals surface area (Å²) in [6.07, 6.45) is 0.998. The molecular weight excluding hydrogens is 580 g/mol. The fourth-order valence-electron chi connectivity index (χ4n) is 3.94. The van der Waals surface area contributed by atoms with Crippen LogP contribution in [0.2, 0.25) is 5.02 Å². The van der Waals surface area contributed by atoms with Gasteiger partial charge in [-0.25, -0.2) is 9.48 Å². The zero-order valence-corrected chi connectivity index (χ0v) is 24.2. The Kier molecular flexibility index (Phi) is 9.04. The molecule has 0 spiro atoms. The average Bonchev–Trinajstić information content (AvgIpc) is 3.28. The van der Waals surface area contributed by atoms with Crippen LogP contribution in [0.1, 0.15) is 44.4 Å². The van der Waals surface area contributed by atoms with Gasteiger partial charge in [-0.15, -0.1) is 5.10 Å². The van der Waals surface area contributed by atoms with E-state index < -0.39 is 12.0 Å². The maximum absolute atomic E-state index is 13.1. The molecule has 196 valence electrons. The van der Waals surface area contributed by atoms with E-state index in [0.717, 1.165) is 23.3 Å². The van der Waals surface area contributed by atoms with Gasteiger partial charge in [-0.2, -0.15) is 4.98 Å². The van der Waals surface area contributed by atoms with Crippen molar-refractivity contribution >= 4 is 51.2 Å². The smallest absolute Gasteiger partial charge is 0.338 e. The van der Waals surface area contributed by atoms with Gasteiger partial charge >= 0.3 is 5.97 Å². The molecule has 1 unspecified atom stereocenters. The second-order valence-corrected chi connectivity index (χ2v) is 10.6. The number of hydrogen-bond acceptors (Lipinski definition) is 8. The van der Waals surface area contributed by atoms with Crippen molar-refractivity contribution in [2.75, 3.05) is 24.8 Å². The van der Waals surface area contributed by atoms with Gasteiger partial charge in [0.25, 0.3) is 0 Å². The minimum atomic E-state index is -0.575. The van der Waals surface area contributed by atoms with Gasteiger partial charge in [-0.05, 0) is 71.6 Å². The lowest BCUT2D eigenvalue weighted by molar-refractivity contribution is -0.139. The van der Waals surface area contributed by atoms with Crippen LogP contribution in [0.4, 0.5) is 5.95 Å². The van der Waals surface area contributed by atoms with Crippen LogP contribution >= 0.6 is 39.3 Å². The van der Waals surface area contributed by atoms with E-state index in [1.807, 2.05) is 43.3 Å². The van der Waals surface area contributed by atoms with Crippen LogP contribution < -0.4 is 14.8 Å². The number of fused-ring (bicyclic) bond motifs is 1. The number of benzene rings is 2. The average molecular weight is 608 g/mol. The molecule has 0 bridgehead atoms. The molecule has 1 aliphatic rings. The molecule has 2 aromatic carbocycles. The van der Waals surface area contributed by atoms with Crippen LogP contribution in [0.15, 0.2) is 57.3 Å². The van der Waals surface area contributed by atoms with Crippen molar-refractivity contribution in [1.82, 2.24) is 14.8 Å². The number of thioether (sulfide) groups is 1. The third kappa shape index (κ3) is 6.08. The van der Waals surface area contributed by atoms with Gasteiger partial charge < -0.3 is 19.5 Å². The number of carbonyl (C=O) groups is 1. The van der Waals surface area contributed by atoms with Crippen molar-refractivity contribution in [3.8, 4) is 11.5 Å². The fourth-order valence-corrected chi connectivity index (χ4v) is 5.32. The lowest BCUT2D eigenvalue weighted by atomic mass is 9.95. The highest BCUT2D eigenvalue weighted by atomic mass is 79.9. The summed E-state index contributed by atoms with van der Waals surface area (Å²) in [5.74, 6) is 2.10. The number of anilines is 1. The van der Waals surface area contributed by atoms with Crippen molar-refractivity contribution in [2.24, 2.45) is 0 Å². The lowest BCUT2D eigenvalue weighted by Gasteiger charge is -2.28. The van der Waals surface area contributed by atoms with Gasteiger partial charge in [0, 0.05) is 16.5 Å². The monoisotopic (exact) mass is 606 g/mol. The van der Waals surface area contributed by atoms with Crippen LogP contribution in [-0.2, 0) is 16.1 Å². The van der Waals surface area contributed by atoms with E-state index in [9.17, 15) is 4.79 Å². The Morgan fingerprint density at radius 2 is 2.00 bits per heavy atom. The van der Waals surface area contributed by atoms with Gasteiger partial charge in [0.15, 0.2) is 11.5 Å². The van der Waals surface area contributed by atoms with Gasteiger partial charge in [-0.1, -0.05) is 42.4 Å². The first kappa shape index (κ1) is 27.3. The fraction of sp³-hybridized carbons (Fsp3) is 0.346. The Morgan fingerprint density at radius 3 is 2.68 bits per heavy atom. The number of nitrogens with zero attached hydrogens (tertiary/aromatic N) is 3. The molecule has 1 N–H and O–H groups in total. The number of methoxy groups -OCH3 is 1. The van der Waals surface area contributed by atoms with E-state index in [0.29, 0.717) is 50.0 Å². The minimum absolute atomic E-state index is 0.259. The predicted molar refractivity (Wildman–Crippen MR) is 149 cm³/mol. The summed E-state index contributed by atoms with van der Waals surface area (Å²) in [7, 11) is 1.58. The normalized spacial score (nSPS) is 14.7. The highest BCUT2D eigenvalue weighted by molar-refractivity contribution is 9.10. The highest BCUT2D eigenvalue weighted by Gasteiger charge is 2.36. The van der Waals surface area contributed by atoms with Crippen molar-refractivity contribution in [3.63, 3.8) is 0 Å². The summed E-state index contributed by atoms with van der Waals surface area (Å²) in [6.45, 7) is 6.32. The molecule has 1 atom stereocenters. The van der Waals surface area contributed by atoms with Gasteiger partial charge in [0.1, 0.15) is 12.6 Å². The quantitative estimate of drug-likeness (QED) is 0.203. The maximum Gasteiger partial charge on any atom is 0.338 e. The molecule has 0 aliphatic carbocycles. The number of allylic oxidation sites excluding steroid dienone is 1. The largest absolute Gasteiger partial charge is 0.493 e. The molecule has 0 fully saturated rings. The second-order valence-electron chi connectivity index (χ2n) is 8.25. The molecule has 0 saturated carbocycles. The number of rotatable bonds is 10. The zero-order chi connectivity index (χ0) is 26.5. The Balaban J connectivity index is 1.75. The molecule has 1 aliphatic heterocycles. The molecular formula is C26H28BrClN4O4S. The van der Waals surface area contributed by atoms with Crippen LogP contribution in [0.5, 0.6) is 11.5 Å². The van der Waals surface area contributed by atoms with E-state index in [1.54, 1.807) is 30.5 Å². The number of halogens is 2. The zero-order valence-electron chi connectivity index (χ0n) is 21.0. The van der Waals surface area contributed by atoms with Crippen LogP contribution in [-0.4, -0.2) is 40.2 Å². The summed E-state index contributed by atoms with van der Waals surface area (Å²) in [6, 6.07) is 10.6. The summed E-state index contributed by atoms with van der Waals surface area (Å²) in [4.78, 5) is 17.8. The summed E-state index contributed by atoms with van der Waals surface area (Å²) in [5, 5.41) is 9.26. The number of esters is 1. The van der Waals surface area contributed by atoms with E-state index >= 15 is 0 Å². The molecule has 3 aromatic rings. The minimum Gasteiger partial charge on any atom is -0.493 e. The third-order valence-electron chi connectivity index (χ3n) is 5.63. The SMILES string of the molecule is CCCSc1nc2n(n1)C(c1cc(Br)c(OCc3ccc(Cl)cc3)c(OC)c1)C(C(=O)OCC)=C(C)N2. The lowest BCUT2D eigenvalue weighted by Crippen LogP contribution is -2.29. The number of aromatic nitrogens is 3. The van der Waals surface area contributed by atoms with Gasteiger partial charge in [0.05, 0.1) is 23.8 Å². The topological polar surface area (TPSA) is 87.5 Å². The van der Waals surface area contributed by atoms with Crippen LogP contribution in [0.3, 0.4) is 0 Å². The molecule has 37 heavy (non-hydrogen) atoms. The van der Waals surface area contributed by atoms with Crippen LogP contribution in [0.25, 0.3) is 0 Å².